The van der Waals surface area contributed by atoms with Gasteiger partial charge in [-0.25, -0.2) is 0 Å². The molecule has 32 heavy (non-hydrogen) atoms. The standard InChI is InChI=1S/C22H19O2.C5H9O2.Os/c1-17(2)18-8-12-21(13-9-18)23-16-24-22-14-10-20(11-15-22)19-6-4-3-5-7-19;1-5(2)4-7-6-3;/h4-15H,1,16H2,2H3;1,3-4H2,2H3;/q2*-1;+2. The SMILES string of the molecule is C=C(C)COO[CH2-].C=C(C)c1ccc(OCOc2ccc(-c3cc[c-]cc3)cc2)cc1.[Os+2]. The first-order chi connectivity index (χ1) is 15.0. The molecule has 0 aliphatic carbocycles. The van der Waals surface area contributed by atoms with Crippen molar-refractivity contribution in [2.75, 3.05) is 13.4 Å². The Hall–Kier alpha value is -2.70. The maximum absolute atomic E-state index is 5.63. The van der Waals surface area contributed by atoms with E-state index in [0.717, 1.165) is 39.3 Å². The molecule has 0 radical (unpaired) electrons. The van der Waals surface area contributed by atoms with Crippen molar-refractivity contribution in [1.82, 2.24) is 0 Å². The number of hydrogen-bond acceptors (Lipinski definition) is 4. The third-order valence-electron chi connectivity index (χ3n) is 4.09. The van der Waals surface area contributed by atoms with Crippen molar-refractivity contribution in [3.8, 4) is 22.6 Å². The van der Waals surface area contributed by atoms with Gasteiger partial charge >= 0.3 is 19.8 Å². The third kappa shape index (κ3) is 10.1. The average Bonchev–Trinajstić information content (AvgIpc) is 2.79. The minimum Gasteiger partial charge on any atom is -0.458 e. The minimum atomic E-state index is 0. The first kappa shape index (κ1) is 27.3. The average molecular weight is 607 g/mol. The van der Waals surface area contributed by atoms with Crippen LogP contribution in [0.15, 0.2) is 91.5 Å². The van der Waals surface area contributed by atoms with Gasteiger partial charge < -0.3 is 14.4 Å². The maximum Gasteiger partial charge on any atom is 2.00 e. The van der Waals surface area contributed by atoms with E-state index < -0.39 is 0 Å². The molecule has 0 unspecified atom stereocenters. The molecule has 0 aliphatic heterocycles. The van der Waals surface area contributed by atoms with E-state index in [1.807, 2.05) is 86.6 Å². The van der Waals surface area contributed by atoms with Crippen molar-refractivity contribution >= 4 is 5.57 Å². The van der Waals surface area contributed by atoms with E-state index >= 15 is 0 Å². The van der Waals surface area contributed by atoms with E-state index in [4.69, 9.17) is 9.47 Å². The third-order valence-corrected chi connectivity index (χ3v) is 4.09. The molecule has 0 amide bonds. The van der Waals surface area contributed by atoms with Crippen molar-refractivity contribution in [3.05, 3.63) is 110 Å². The molecular formula is C27H28O4Os. The van der Waals surface area contributed by atoms with Crippen LogP contribution in [-0.2, 0) is 29.6 Å². The predicted molar refractivity (Wildman–Crippen MR) is 125 cm³/mol. The summed E-state index contributed by atoms with van der Waals surface area (Å²) in [5.41, 5.74) is 5.37. The number of hydrogen-bond donors (Lipinski definition) is 0. The van der Waals surface area contributed by atoms with E-state index in [1.165, 1.54) is 0 Å². The van der Waals surface area contributed by atoms with Gasteiger partial charge in [-0.2, -0.15) is 37.4 Å². The summed E-state index contributed by atoms with van der Waals surface area (Å²) in [7, 11) is 2.99. The second-order valence-electron chi connectivity index (χ2n) is 6.86. The van der Waals surface area contributed by atoms with Crippen LogP contribution in [0, 0.1) is 13.2 Å². The Morgan fingerprint density at radius 2 is 1.31 bits per heavy atom. The van der Waals surface area contributed by atoms with Crippen LogP contribution in [0.4, 0.5) is 0 Å². The van der Waals surface area contributed by atoms with Gasteiger partial charge in [0.15, 0.2) is 0 Å². The van der Waals surface area contributed by atoms with Crippen LogP contribution in [0.25, 0.3) is 16.7 Å². The molecule has 4 nitrogen and oxygen atoms in total. The van der Waals surface area contributed by atoms with Crippen LogP contribution in [0.5, 0.6) is 11.5 Å². The zero-order chi connectivity index (χ0) is 22.5. The number of allylic oxidation sites excluding steroid dienone is 1. The maximum atomic E-state index is 5.63. The van der Waals surface area contributed by atoms with Crippen LogP contribution < -0.4 is 9.47 Å². The van der Waals surface area contributed by atoms with Crippen LogP contribution in [0.2, 0.25) is 0 Å². The van der Waals surface area contributed by atoms with Gasteiger partial charge in [-0.05, 0) is 49.2 Å². The van der Waals surface area contributed by atoms with Gasteiger partial charge in [0.2, 0.25) is 6.79 Å². The molecule has 3 aromatic carbocycles. The largest absolute Gasteiger partial charge is 2.00 e. The molecule has 0 N–H and O–H groups in total. The first-order valence-electron chi connectivity index (χ1n) is 9.75. The molecule has 0 atom stereocenters. The van der Waals surface area contributed by atoms with Gasteiger partial charge in [-0.1, -0.05) is 48.6 Å². The first-order valence-corrected chi connectivity index (χ1v) is 9.75. The number of ether oxygens (including phenoxy) is 2. The van der Waals surface area contributed by atoms with Crippen molar-refractivity contribution in [2.24, 2.45) is 0 Å². The zero-order valence-corrected chi connectivity index (χ0v) is 21.0. The van der Waals surface area contributed by atoms with Crippen molar-refractivity contribution in [1.29, 1.82) is 0 Å². The van der Waals surface area contributed by atoms with Gasteiger partial charge in [-0.3, -0.25) is 4.89 Å². The molecule has 168 valence electrons. The normalized spacial score (nSPS) is 9.59. The van der Waals surface area contributed by atoms with Gasteiger partial charge in [0.25, 0.3) is 0 Å². The molecule has 0 heterocycles. The van der Waals surface area contributed by atoms with Gasteiger partial charge in [0.1, 0.15) is 11.5 Å². The Morgan fingerprint density at radius 3 is 1.75 bits per heavy atom. The predicted octanol–water partition coefficient (Wildman–Crippen LogP) is 6.90. The summed E-state index contributed by atoms with van der Waals surface area (Å²) >= 11 is 0. The molecule has 0 bridgehead atoms. The summed E-state index contributed by atoms with van der Waals surface area (Å²) in [5, 5.41) is 0. The van der Waals surface area contributed by atoms with Crippen molar-refractivity contribution < 1.29 is 39.0 Å². The van der Waals surface area contributed by atoms with E-state index in [9.17, 15) is 0 Å². The summed E-state index contributed by atoms with van der Waals surface area (Å²) < 4.78 is 11.2. The van der Waals surface area contributed by atoms with E-state index in [0.29, 0.717) is 6.61 Å². The molecule has 0 saturated carbocycles. The molecule has 0 aromatic heterocycles. The Morgan fingerprint density at radius 1 is 0.812 bits per heavy atom. The fourth-order valence-electron chi connectivity index (χ4n) is 2.47. The molecule has 3 rings (SSSR count). The molecule has 5 heteroatoms. The summed E-state index contributed by atoms with van der Waals surface area (Å²) in [6, 6.07) is 26.7. The van der Waals surface area contributed by atoms with Crippen molar-refractivity contribution in [3.63, 3.8) is 0 Å². The zero-order valence-electron chi connectivity index (χ0n) is 18.5. The molecule has 0 aliphatic rings. The fraction of sp³-hybridized carbons (Fsp3) is 0.148. The Kier molecular flexibility index (Phi) is 12.9. The van der Waals surface area contributed by atoms with E-state index in [2.05, 4.69) is 36.1 Å². The van der Waals surface area contributed by atoms with Crippen LogP contribution >= 0.6 is 0 Å². The van der Waals surface area contributed by atoms with Crippen LogP contribution in [-0.4, -0.2) is 13.4 Å². The number of benzene rings is 3. The molecule has 0 saturated heterocycles. The smallest absolute Gasteiger partial charge is 0.458 e. The van der Waals surface area contributed by atoms with Crippen molar-refractivity contribution in [2.45, 2.75) is 13.8 Å². The number of rotatable bonds is 9. The van der Waals surface area contributed by atoms with Gasteiger partial charge in [0.05, 0.1) is 6.61 Å². The Balaban J connectivity index is 0.000000558. The monoisotopic (exact) mass is 608 g/mol. The van der Waals surface area contributed by atoms with Gasteiger partial charge in [-0.15, -0.1) is 5.56 Å². The van der Waals surface area contributed by atoms with Gasteiger partial charge in [0, 0.05) is 0 Å². The summed E-state index contributed by atoms with van der Waals surface area (Å²) in [5.74, 6) is 1.55. The summed E-state index contributed by atoms with van der Waals surface area (Å²) in [6.45, 7) is 11.9. The fourth-order valence-corrected chi connectivity index (χ4v) is 2.47. The molecular weight excluding hydrogens is 579 g/mol. The van der Waals surface area contributed by atoms with Crippen LogP contribution in [0.3, 0.4) is 0 Å². The molecule has 0 fully saturated rings. The van der Waals surface area contributed by atoms with E-state index in [-0.39, 0.29) is 26.6 Å². The summed E-state index contributed by atoms with van der Waals surface area (Å²) in [6.07, 6.45) is 0. The topological polar surface area (TPSA) is 36.9 Å². The minimum absolute atomic E-state index is 0. The second kappa shape index (κ2) is 15.2. The van der Waals surface area contributed by atoms with Crippen LogP contribution in [0.1, 0.15) is 19.4 Å². The second-order valence-corrected chi connectivity index (χ2v) is 6.86. The summed E-state index contributed by atoms with van der Waals surface area (Å²) in [4.78, 5) is 8.43. The molecule has 3 aromatic rings. The van der Waals surface area contributed by atoms with E-state index in [1.54, 1.807) is 0 Å². The Bertz CT molecular complexity index is 936. The molecule has 0 spiro atoms. The Labute approximate surface area is 204 Å². The quantitative estimate of drug-likeness (QED) is 0.0873.